The van der Waals surface area contributed by atoms with Crippen LogP contribution in [-0.2, 0) is 4.79 Å². The number of anilines is 1. The van der Waals surface area contributed by atoms with Gasteiger partial charge in [0, 0.05) is 4.87 Å². The van der Waals surface area contributed by atoms with E-state index in [1.165, 1.54) is 12.8 Å². The Hall–Kier alpha value is -1.42. The maximum atomic E-state index is 13.1. The first-order valence-corrected chi connectivity index (χ1v) is 9.79. The molecule has 4 nitrogen and oxygen atoms in total. The Bertz CT molecular complexity index is 733. The average Bonchev–Trinajstić information content (AvgIpc) is 2.53. The van der Waals surface area contributed by atoms with Crippen molar-refractivity contribution in [2.24, 2.45) is 17.8 Å². The number of phenols is 1. The molecule has 0 spiro atoms. The van der Waals surface area contributed by atoms with Crippen molar-refractivity contribution in [2.75, 3.05) is 5.01 Å². The van der Waals surface area contributed by atoms with Crippen molar-refractivity contribution in [2.45, 2.75) is 62.4 Å². The van der Waals surface area contributed by atoms with Gasteiger partial charge in [-0.2, -0.15) is 0 Å². The molecule has 0 aromatic heterocycles. The molecule has 5 heteroatoms. The fraction of sp³-hybridized carbons (Fsp3) is 0.650. The van der Waals surface area contributed by atoms with Crippen LogP contribution in [0.15, 0.2) is 24.3 Å². The van der Waals surface area contributed by atoms with Crippen molar-refractivity contribution >= 4 is 23.2 Å². The molecule has 5 aliphatic rings. The van der Waals surface area contributed by atoms with Gasteiger partial charge in [0.1, 0.15) is 17.0 Å². The third kappa shape index (κ3) is 2.03. The highest BCUT2D eigenvalue weighted by molar-refractivity contribution is 6.24. The number of hydrogen-bond donors (Lipinski definition) is 1. The molecule has 1 saturated heterocycles. The first-order chi connectivity index (χ1) is 11.8. The van der Waals surface area contributed by atoms with E-state index in [1.54, 1.807) is 6.07 Å². The Morgan fingerprint density at radius 2 is 1.76 bits per heavy atom. The number of carbonyl (C=O) groups excluding carboxylic acids is 1. The van der Waals surface area contributed by atoms with E-state index < -0.39 is 5.54 Å². The van der Waals surface area contributed by atoms with Crippen LogP contribution in [0.25, 0.3) is 0 Å². The highest BCUT2D eigenvalue weighted by atomic mass is 35.5. The summed E-state index contributed by atoms with van der Waals surface area (Å²) in [6.07, 6.45) is 5.57. The number of para-hydroxylation sites is 2. The number of alkyl halides is 1. The molecule has 4 bridgehead atoms. The summed E-state index contributed by atoms with van der Waals surface area (Å²) >= 11 is 6.88. The van der Waals surface area contributed by atoms with Gasteiger partial charge in [-0.3, -0.25) is 9.80 Å². The SMILES string of the molecule is CC1(C)C(=O)N(C2C3CC4CC2CC(Cl)(C4)C3)N1c1ccccc1O. The summed E-state index contributed by atoms with van der Waals surface area (Å²) in [6, 6.07) is 7.55. The number of benzene rings is 1. The third-order valence-electron chi connectivity index (χ3n) is 7.02. The van der Waals surface area contributed by atoms with E-state index >= 15 is 0 Å². The molecule has 4 saturated carbocycles. The van der Waals surface area contributed by atoms with E-state index in [-0.39, 0.29) is 22.6 Å². The summed E-state index contributed by atoms with van der Waals surface area (Å²) in [5.74, 6) is 2.09. The fourth-order valence-electron chi connectivity index (χ4n) is 6.31. The second-order valence-corrected chi connectivity index (χ2v) is 9.92. The second-order valence-electron chi connectivity index (χ2n) is 9.12. The smallest absolute Gasteiger partial charge is 0.268 e. The number of hydrogen-bond acceptors (Lipinski definition) is 3. The van der Waals surface area contributed by atoms with Crippen molar-refractivity contribution in [3.63, 3.8) is 0 Å². The number of phenolic OH excluding ortho intramolecular Hbond substituents is 1. The van der Waals surface area contributed by atoms with E-state index in [0.29, 0.717) is 11.8 Å². The molecule has 1 N–H and O–H groups in total. The lowest BCUT2D eigenvalue weighted by Crippen LogP contribution is -2.80. The van der Waals surface area contributed by atoms with Gasteiger partial charge in [-0.15, -0.1) is 11.6 Å². The standard InChI is InChI=1S/C20H25ClN2O2/c1-19(2)18(25)22(23(19)15-5-3-4-6-16(15)24)17-13-7-12-8-14(17)11-20(21,9-12)10-13/h3-6,12-14,17,24H,7-11H2,1-2H3. The van der Waals surface area contributed by atoms with Gasteiger partial charge in [0.05, 0.1) is 6.04 Å². The second kappa shape index (κ2) is 4.85. The summed E-state index contributed by atoms with van der Waals surface area (Å²) in [5.41, 5.74) is 0.105. The van der Waals surface area contributed by atoms with Crippen LogP contribution in [-0.4, -0.2) is 32.5 Å². The topological polar surface area (TPSA) is 43.8 Å². The van der Waals surface area contributed by atoms with Crippen LogP contribution in [0.3, 0.4) is 0 Å². The summed E-state index contributed by atoms with van der Waals surface area (Å²) in [5, 5.41) is 14.4. The lowest BCUT2D eigenvalue weighted by atomic mass is 9.53. The average molecular weight is 361 g/mol. The number of aromatic hydroxyl groups is 1. The molecule has 6 rings (SSSR count). The molecule has 1 amide bonds. The van der Waals surface area contributed by atoms with Crippen LogP contribution in [0.2, 0.25) is 0 Å². The van der Waals surface area contributed by atoms with Crippen molar-refractivity contribution in [1.29, 1.82) is 0 Å². The Labute approximate surface area is 153 Å². The zero-order valence-corrected chi connectivity index (χ0v) is 15.5. The van der Waals surface area contributed by atoms with Crippen LogP contribution < -0.4 is 5.01 Å². The minimum atomic E-state index is -0.619. The number of hydrazine groups is 1. The number of nitrogens with zero attached hydrogens (tertiary/aromatic N) is 2. The molecule has 1 aromatic carbocycles. The predicted molar refractivity (Wildman–Crippen MR) is 97.4 cm³/mol. The highest BCUT2D eigenvalue weighted by Gasteiger charge is 2.63. The molecule has 1 heterocycles. The molecule has 1 aliphatic heterocycles. The summed E-state index contributed by atoms with van der Waals surface area (Å²) in [7, 11) is 0. The third-order valence-corrected chi connectivity index (χ3v) is 7.48. The molecular weight excluding hydrogens is 336 g/mol. The van der Waals surface area contributed by atoms with Crippen LogP contribution in [0.4, 0.5) is 5.69 Å². The largest absolute Gasteiger partial charge is 0.506 e. The maximum absolute atomic E-state index is 13.1. The van der Waals surface area contributed by atoms with Crippen LogP contribution >= 0.6 is 11.6 Å². The molecule has 5 fully saturated rings. The van der Waals surface area contributed by atoms with Gasteiger partial charge >= 0.3 is 0 Å². The minimum absolute atomic E-state index is 0.0316. The molecule has 0 radical (unpaired) electrons. The molecule has 4 aliphatic carbocycles. The molecule has 25 heavy (non-hydrogen) atoms. The van der Waals surface area contributed by atoms with Crippen molar-refractivity contribution in [3.05, 3.63) is 24.3 Å². The van der Waals surface area contributed by atoms with Crippen molar-refractivity contribution in [3.8, 4) is 5.75 Å². The normalized spacial score (nSPS) is 41.2. The lowest BCUT2D eigenvalue weighted by Gasteiger charge is -2.66. The Kier molecular flexibility index (Phi) is 3.06. The fourth-order valence-corrected chi connectivity index (χ4v) is 6.93. The zero-order valence-electron chi connectivity index (χ0n) is 14.8. The van der Waals surface area contributed by atoms with E-state index in [9.17, 15) is 9.90 Å². The van der Waals surface area contributed by atoms with Gasteiger partial charge in [-0.25, -0.2) is 5.01 Å². The summed E-state index contributed by atoms with van der Waals surface area (Å²) < 4.78 is 0. The van der Waals surface area contributed by atoms with E-state index in [4.69, 9.17) is 11.6 Å². The van der Waals surface area contributed by atoms with Crippen molar-refractivity contribution < 1.29 is 9.90 Å². The first-order valence-electron chi connectivity index (χ1n) is 9.41. The predicted octanol–water partition coefficient (Wildman–Crippen LogP) is 3.92. The van der Waals surface area contributed by atoms with Gasteiger partial charge in [-0.05, 0) is 75.8 Å². The first kappa shape index (κ1) is 15.8. The Morgan fingerprint density at radius 3 is 2.36 bits per heavy atom. The summed E-state index contributed by atoms with van der Waals surface area (Å²) in [6.45, 7) is 3.88. The maximum Gasteiger partial charge on any atom is 0.268 e. The number of carbonyl (C=O) groups is 1. The van der Waals surface area contributed by atoms with Gasteiger partial charge in [-0.1, -0.05) is 12.1 Å². The van der Waals surface area contributed by atoms with Gasteiger partial charge in [0.15, 0.2) is 0 Å². The Balaban J connectivity index is 1.53. The van der Waals surface area contributed by atoms with Gasteiger partial charge in [0.25, 0.3) is 5.91 Å². The highest BCUT2D eigenvalue weighted by Crippen LogP contribution is 2.61. The molecular formula is C20H25ClN2O2. The number of rotatable bonds is 2. The zero-order chi connectivity index (χ0) is 17.6. The quantitative estimate of drug-likeness (QED) is 0.813. The summed E-state index contributed by atoms with van der Waals surface area (Å²) in [4.78, 5) is 13.0. The number of amides is 1. The van der Waals surface area contributed by atoms with E-state index in [1.807, 2.05) is 42.1 Å². The molecule has 1 aromatic rings. The Morgan fingerprint density at radius 1 is 1.12 bits per heavy atom. The molecule has 2 unspecified atom stereocenters. The molecule has 2 atom stereocenters. The van der Waals surface area contributed by atoms with Crippen LogP contribution in [0, 0.1) is 17.8 Å². The van der Waals surface area contributed by atoms with E-state index in [0.717, 1.165) is 30.9 Å². The van der Waals surface area contributed by atoms with Gasteiger partial charge in [0.2, 0.25) is 0 Å². The monoisotopic (exact) mass is 360 g/mol. The van der Waals surface area contributed by atoms with Crippen LogP contribution in [0.1, 0.15) is 46.0 Å². The van der Waals surface area contributed by atoms with Gasteiger partial charge < -0.3 is 5.11 Å². The van der Waals surface area contributed by atoms with Crippen LogP contribution in [0.5, 0.6) is 5.75 Å². The van der Waals surface area contributed by atoms with Crippen molar-refractivity contribution in [1.82, 2.24) is 5.01 Å². The molecule has 134 valence electrons. The van der Waals surface area contributed by atoms with E-state index in [2.05, 4.69) is 0 Å². The lowest BCUT2D eigenvalue weighted by molar-refractivity contribution is -0.169. The number of halogens is 1. The minimum Gasteiger partial charge on any atom is -0.506 e.